The monoisotopic (exact) mass is 420 g/mol. The quantitative estimate of drug-likeness (QED) is 0.721. The van der Waals surface area contributed by atoms with Gasteiger partial charge in [-0.15, -0.1) is 0 Å². The highest BCUT2D eigenvalue weighted by atomic mass is 35.5. The molecule has 1 saturated heterocycles. The van der Waals surface area contributed by atoms with Crippen molar-refractivity contribution >= 4 is 11.6 Å². The SMILES string of the molecule is CC1(C)[C@H]2CC[C@@]1(C)[C@@H](OC[C@@H](O)CN1CCN(Cc3ccc(Cl)cc3)CC1)C2. The van der Waals surface area contributed by atoms with Crippen LogP contribution in [0, 0.1) is 16.7 Å². The Morgan fingerprint density at radius 1 is 1.10 bits per heavy atom. The summed E-state index contributed by atoms with van der Waals surface area (Å²) in [5, 5.41) is 11.4. The molecule has 2 saturated carbocycles. The fourth-order valence-corrected chi connectivity index (χ4v) is 6.06. The number of aliphatic hydroxyl groups is 1. The van der Waals surface area contributed by atoms with Crippen LogP contribution >= 0.6 is 11.6 Å². The third-order valence-corrected chi connectivity index (χ3v) is 8.71. The number of benzene rings is 1. The highest BCUT2D eigenvalue weighted by Gasteiger charge is 2.61. The predicted molar refractivity (Wildman–Crippen MR) is 118 cm³/mol. The van der Waals surface area contributed by atoms with Crippen LogP contribution in [0.5, 0.6) is 0 Å². The van der Waals surface area contributed by atoms with Crippen LogP contribution in [0.2, 0.25) is 5.02 Å². The molecule has 2 aliphatic carbocycles. The van der Waals surface area contributed by atoms with Crippen molar-refractivity contribution in [1.29, 1.82) is 0 Å². The number of piperazine rings is 1. The van der Waals surface area contributed by atoms with Gasteiger partial charge >= 0.3 is 0 Å². The van der Waals surface area contributed by atoms with Gasteiger partial charge in [-0.05, 0) is 53.7 Å². The van der Waals surface area contributed by atoms with E-state index >= 15 is 0 Å². The van der Waals surface area contributed by atoms with Crippen molar-refractivity contribution in [3.05, 3.63) is 34.9 Å². The largest absolute Gasteiger partial charge is 0.389 e. The molecule has 1 aliphatic heterocycles. The summed E-state index contributed by atoms with van der Waals surface area (Å²) >= 11 is 5.97. The van der Waals surface area contributed by atoms with Gasteiger partial charge in [-0.3, -0.25) is 9.80 Å². The zero-order chi connectivity index (χ0) is 20.6. The molecular weight excluding hydrogens is 384 g/mol. The lowest BCUT2D eigenvalue weighted by atomic mass is 9.70. The molecule has 4 nitrogen and oxygen atoms in total. The standard InChI is InChI=1S/C24H37ClN2O2/c1-23(2)19-8-9-24(23,3)22(14-19)29-17-21(28)16-27-12-10-26(11-13-27)15-18-4-6-20(25)7-5-18/h4-7,19,21-22,28H,8-17H2,1-3H3/t19-,21-,22-,24-/m0/s1. The van der Waals surface area contributed by atoms with Crippen molar-refractivity contribution in [3.63, 3.8) is 0 Å². The third kappa shape index (κ3) is 4.38. The summed E-state index contributed by atoms with van der Waals surface area (Å²) in [6.07, 6.45) is 3.68. The molecule has 1 aromatic rings. The number of aliphatic hydroxyl groups excluding tert-OH is 1. The minimum Gasteiger partial charge on any atom is -0.389 e. The maximum absolute atomic E-state index is 10.6. The molecule has 1 aromatic carbocycles. The number of rotatable bonds is 7. The Bertz CT molecular complexity index is 687. The van der Waals surface area contributed by atoms with E-state index in [1.165, 1.54) is 24.8 Å². The van der Waals surface area contributed by atoms with Gasteiger partial charge in [0.15, 0.2) is 0 Å². The normalized spacial score (nSPS) is 33.3. The molecule has 0 aromatic heterocycles. The van der Waals surface area contributed by atoms with Gasteiger partial charge in [0, 0.05) is 44.3 Å². The lowest BCUT2D eigenvalue weighted by Crippen LogP contribution is -2.49. The zero-order valence-corrected chi connectivity index (χ0v) is 19.0. The molecule has 0 spiro atoms. The molecule has 0 amide bonds. The van der Waals surface area contributed by atoms with Crippen molar-refractivity contribution in [2.75, 3.05) is 39.3 Å². The summed E-state index contributed by atoms with van der Waals surface area (Å²) in [5.74, 6) is 0.781. The van der Waals surface area contributed by atoms with Crippen LogP contribution in [0.15, 0.2) is 24.3 Å². The lowest BCUT2D eigenvalue weighted by Gasteiger charge is -2.39. The number of nitrogens with zero attached hydrogens (tertiary/aromatic N) is 2. The first kappa shape index (κ1) is 21.6. The van der Waals surface area contributed by atoms with Crippen LogP contribution in [0.3, 0.4) is 0 Å². The van der Waals surface area contributed by atoms with Gasteiger partial charge in [-0.2, -0.15) is 0 Å². The summed E-state index contributed by atoms with van der Waals surface area (Å²) in [5.41, 5.74) is 1.94. The predicted octanol–water partition coefficient (Wildman–Crippen LogP) is 4.05. The maximum Gasteiger partial charge on any atom is 0.0900 e. The Hall–Kier alpha value is -0.650. The van der Waals surface area contributed by atoms with E-state index in [2.05, 4.69) is 42.7 Å². The topological polar surface area (TPSA) is 35.9 Å². The van der Waals surface area contributed by atoms with Crippen LogP contribution in [0.4, 0.5) is 0 Å². The van der Waals surface area contributed by atoms with E-state index < -0.39 is 6.10 Å². The van der Waals surface area contributed by atoms with Crippen LogP contribution in [0.1, 0.15) is 45.6 Å². The second-order valence-electron chi connectivity index (χ2n) is 10.3. The van der Waals surface area contributed by atoms with Crippen molar-refractivity contribution in [1.82, 2.24) is 9.80 Å². The molecule has 4 atom stereocenters. The fraction of sp³-hybridized carbons (Fsp3) is 0.750. The molecule has 1 heterocycles. The molecule has 29 heavy (non-hydrogen) atoms. The molecule has 3 aliphatic rings. The molecule has 2 bridgehead atoms. The van der Waals surface area contributed by atoms with Gasteiger partial charge in [-0.25, -0.2) is 0 Å². The number of fused-ring (bicyclic) bond motifs is 2. The number of halogens is 1. The van der Waals surface area contributed by atoms with Gasteiger partial charge in [0.25, 0.3) is 0 Å². The molecular formula is C24H37ClN2O2. The first-order chi connectivity index (χ1) is 13.8. The second kappa shape index (κ2) is 8.47. The van der Waals surface area contributed by atoms with Crippen molar-refractivity contribution < 1.29 is 9.84 Å². The summed E-state index contributed by atoms with van der Waals surface area (Å²) in [6, 6.07) is 8.13. The average molecular weight is 421 g/mol. The van der Waals surface area contributed by atoms with Crippen LogP contribution in [-0.2, 0) is 11.3 Å². The minimum atomic E-state index is -0.399. The second-order valence-corrected chi connectivity index (χ2v) is 10.7. The van der Waals surface area contributed by atoms with E-state index in [-0.39, 0.29) is 5.41 Å². The number of hydrogen-bond acceptors (Lipinski definition) is 4. The van der Waals surface area contributed by atoms with Crippen molar-refractivity contribution in [3.8, 4) is 0 Å². The van der Waals surface area contributed by atoms with Gasteiger partial charge in [0.05, 0.1) is 18.8 Å². The summed E-state index contributed by atoms with van der Waals surface area (Å²) in [4.78, 5) is 4.85. The van der Waals surface area contributed by atoms with Crippen LogP contribution < -0.4 is 0 Å². The van der Waals surface area contributed by atoms with E-state index in [1.54, 1.807) is 0 Å². The van der Waals surface area contributed by atoms with E-state index in [1.807, 2.05) is 12.1 Å². The van der Waals surface area contributed by atoms with E-state index in [0.717, 1.165) is 43.7 Å². The highest BCUT2D eigenvalue weighted by molar-refractivity contribution is 6.30. The summed E-state index contributed by atoms with van der Waals surface area (Å²) in [6.45, 7) is 13.4. The van der Waals surface area contributed by atoms with Crippen molar-refractivity contribution in [2.24, 2.45) is 16.7 Å². The summed E-state index contributed by atoms with van der Waals surface area (Å²) in [7, 11) is 0. The third-order valence-electron chi connectivity index (χ3n) is 8.46. The smallest absolute Gasteiger partial charge is 0.0900 e. The number of hydrogen-bond donors (Lipinski definition) is 1. The van der Waals surface area contributed by atoms with E-state index in [9.17, 15) is 5.11 Å². The Morgan fingerprint density at radius 2 is 1.76 bits per heavy atom. The summed E-state index contributed by atoms with van der Waals surface area (Å²) < 4.78 is 6.29. The minimum absolute atomic E-state index is 0.269. The molecule has 0 unspecified atom stereocenters. The Labute approximate surface area is 181 Å². The van der Waals surface area contributed by atoms with Gasteiger partial charge < -0.3 is 9.84 Å². The number of β-amino-alcohol motifs (C(OH)–C–C–N with tert-alkyl or cyclic N) is 1. The average Bonchev–Trinajstić information content (AvgIpc) is 3.03. The number of ether oxygens (including phenoxy) is 1. The molecule has 1 N–H and O–H groups in total. The van der Waals surface area contributed by atoms with Gasteiger partial charge in [-0.1, -0.05) is 44.5 Å². The molecule has 3 fully saturated rings. The van der Waals surface area contributed by atoms with E-state index in [0.29, 0.717) is 24.7 Å². The molecule has 0 radical (unpaired) electrons. The van der Waals surface area contributed by atoms with Crippen molar-refractivity contribution in [2.45, 2.75) is 58.8 Å². The van der Waals surface area contributed by atoms with Crippen LogP contribution in [-0.4, -0.2) is 66.4 Å². The van der Waals surface area contributed by atoms with Crippen LogP contribution in [0.25, 0.3) is 0 Å². The maximum atomic E-state index is 10.6. The molecule has 162 valence electrons. The Balaban J connectivity index is 1.18. The van der Waals surface area contributed by atoms with E-state index in [4.69, 9.17) is 16.3 Å². The Kier molecular flexibility index (Phi) is 6.30. The zero-order valence-electron chi connectivity index (χ0n) is 18.2. The highest BCUT2D eigenvalue weighted by Crippen LogP contribution is 2.66. The Morgan fingerprint density at radius 3 is 2.34 bits per heavy atom. The molecule has 4 rings (SSSR count). The fourth-order valence-electron chi connectivity index (χ4n) is 5.94. The first-order valence-corrected chi connectivity index (χ1v) is 11.6. The first-order valence-electron chi connectivity index (χ1n) is 11.3. The molecule has 5 heteroatoms. The van der Waals surface area contributed by atoms with Gasteiger partial charge in [0.1, 0.15) is 0 Å². The van der Waals surface area contributed by atoms with Gasteiger partial charge in [0.2, 0.25) is 0 Å². The lowest BCUT2D eigenvalue weighted by molar-refractivity contribution is -0.0807.